The smallest absolute Gasteiger partial charge is 0.269 e. The fraction of sp³-hybridized carbons (Fsp3) is 0.0952. The summed E-state index contributed by atoms with van der Waals surface area (Å²) in [4.78, 5) is 22.4. The Labute approximate surface area is 156 Å². The van der Waals surface area contributed by atoms with Crippen molar-refractivity contribution in [3.8, 4) is 11.5 Å². The molecule has 0 aliphatic heterocycles. The van der Waals surface area contributed by atoms with E-state index < -0.39 is 4.92 Å². The molecule has 3 rings (SSSR count). The van der Waals surface area contributed by atoms with Gasteiger partial charge in [0.2, 0.25) is 0 Å². The number of benzene rings is 3. The second-order valence-electron chi connectivity index (χ2n) is 6.15. The largest absolute Gasteiger partial charge is 0.457 e. The molecule has 3 aromatic carbocycles. The molecular weight excluding hydrogens is 344 g/mol. The SMILES string of the molecule is Cc1ccc(C)c(Oc2ccc(NC(=O)c3ccc([N+](=O)[O-])cc3)cc2)c1. The van der Waals surface area contributed by atoms with Gasteiger partial charge in [-0.15, -0.1) is 0 Å². The van der Waals surface area contributed by atoms with E-state index in [0.717, 1.165) is 16.9 Å². The van der Waals surface area contributed by atoms with Crippen molar-refractivity contribution in [3.05, 3.63) is 93.5 Å². The Balaban J connectivity index is 1.67. The van der Waals surface area contributed by atoms with Crippen LogP contribution in [-0.2, 0) is 0 Å². The van der Waals surface area contributed by atoms with E-state index in [1.54, 1.807) is 24.3 Å². The third kappa shape index (κ3) is 4.49. The van der Waals surface area contributed by atoms with Gasteiger partial charge < -0.3 is 10.1 Å². The summed E-state index contributed by atoms with van der Waals surface area (Å²) in [5, 5.41) is 13.4. The minimum absolute atomic E-state index is 0.0560. The van der Waals surface area contributed by atoms with Crippen molar-refractivity contribution in [1.29, 1.82) is 0 Å². The summed E-state index contributed by atoms with van der Waals surface area (Å²) in [6.45, 7) is 3.98. The molecule has 6 heteroatoms. The quantitative estimate of drug-likeness (QED) is 0.496. The van der Waals surface area contributed by atoms with Crippen LogP contribution in [0.5, 0.6) is 11.5 Å². The number of nitro groups is 1. The van der Waals surface area contributed by atoms with Crippen LogP contribution in [0.15, 0.2) is 66.7 Å². The molecule has 0 atom stereocenters. The molecule has 0 aromatic heterocycles. The highest BCUT2D eigenvalue weighted by Crippen LogP contribution is 2.27. The van der Waals surface area contributed by atoms with E-state index in [1.165, 1.54) is 24.3 Å². The fourth-order valence-electron chi connectivity index (χ4n) is 2.49. The third-order valence-electron chi connectivity index (χ3n) is 4.02. The summed E-state index contributed by atoms with van der Waals surface area (Å²) in [5.74, 6) is 1.11. The Hall–Kier alpha value is -3.67. The Bertz CT molecular complexity index is 980. The number of ether oxygens (including phenoxy) is 1. The number of hydrogen-bond donors (Lipinski definition) is 1. The maximum Gasteiger partial charge on any atom is 0.269 e. The highest BCUT2D eigenvalue weighted by Gasteiger charge is 2.10. The molecule has 3 aromatic rings. The Kier molecular flexibility index (Phi) is 5.17. The number of aryl methyl sites for hydroxylation is 2. The molecule has 27 heavy (non-hydrogen) atoms. The molecule has 0 saturated carbocycles. The molecule has 0 aliphatic carbocycles. The number of nitrogens with one attached hydrogen (secondary N) is 1. The van der Waals surface area contributed by atoms with Crippen molar-refractivity contribution in [3.63, 3.8) is 0 Å². The molecule has 0 aliphatic rings. The summed E-state index contributed by atoms with van der Waals surface area (Å²) >= 11 is 0. The number of amides is 1. The zero-order valence-electron chi connectivity index (χ0n) is 14.9. The number of rotatable bonds is 5. The van der Waals surface area contributed by atoms with Gasteiger partial charge in [-0.25, -0.2) is 0 Å². The normalized spacial score (nSPS) is 10.3. The maximum absolute atomic E-state index is 12.2. The molecule has 0 fully saturated rings. The summed E-state index contributed by atoms with van der Waals surface area (Å²) in [5.41, 5.74) is 3.04. The number of carbonyl (C=O) groups is 1. The molecule has 1 N–H and O–H groups in total. The van der Waals surface area contributed by atoms with Gasteiger partial charge >= 0.3 is 0 Å². The van der Waals surface area contributed by atoms with E-state index in [0.29, 0.717) is 17.0 Å². The summed E-state index contributed by atoms with van der Waals surface area (Å²) < 4.78 is 5.89. The molecule has 0 bridgehead atoms. The van der Waals surface area contributed by atoms with Crippen LogP contribution in [0.4, 0.5) is 11.4 Å². The van der Waals surface area contributed by atoms with E-state index in [2.05, 4.69) is 5.32 Å². The van der Waals surface area contributed by atoms with E-state index in [4.69, 9.17) is 4.74 Å². The molecule has 0 unspecified atom stereocenters. The molecule has 0 radical (unpaired) electrons. The van der Waals surface area contributed by atoms with Gasteiger partial charge in [0.25, 0.3) is 11.6 Å². The Morgan fingerprint density at radius 3 is 2.26 bits per heavy atom. The van der Waals surface area contributed by atoms with Crippen molar-refractivity contribution in [2.24, 2.45) is 0 Å². The molecule has 0 spiro atoms. The highest BCUT2D eigenvalue weighted by molar-refractivity contribution is 6.04. The first-order valence-corrected chi connectivity index (χ1v) is 8.33. The molecule has 0 heterocycles. The summed E-state index contributed by atoms with van der Waals surface area (Å²) in [6, 6.07) is 18.5. The fourth-order valence-corrected chi connectivity index (χ4v) is 2.49. The number of nitrogens with zero attached hydrogens (tertiary/aromatic N) is 1. The number of carbonyl (C=O) groups excluding carboxylic acids is 1. The molecular formula is C21H18N2O4. The van der Waals surface area contributed by atoms with Gasteiger partial charge in [0.05, 0.1) is 4.92 Å². The van der Waals surface area contributed by atoms with Gasteiger partial charge in [-0.2, -0.15) is 0 Å². The standard InChI is InChI=1S/C21H18N2O4/c1-14-3-4-15(2)20(13-14)27-19-11-7-17(8-12-19)22-21(24)16-5-9-18(10-6-16)23(25)26/h3-13H,1-2H3,(H,22,24). The minimum atomic E-state index is -0.504. The van der Waals surface area contributed by atoms with Crippen LogP contribution in [0.2, 0.25) is 0 Å². The maximum atomic E-state index is 12.2. The van der Waals surface area contributed by atoms with Gasteiger partial charge in [0.1, 0.15) is 11.5 Å². The van der Waals surface area contributed by atoms with Crippen molar-refractivity contribution in [2.45, 2.75) is 13.8 Å². The first-order valence-electron chi connectivity index (χ1n) is 8.33. The second-order valence-corrected chi connectivity index (χ2v) is 6.15. The summed E-state index contributed by atoms with van der Waals surface area (Å²) in [6.07, 6.45) is 0. The van der Waals surface area contributed by atoms with E-state index >= 15 is 0 Å². The summed E-state index contributed by atoms with van der Waals surface area (Å²) in [7, 11) is 0. The average Bonchev–Trinajstić information content (AvgIpc) is 2.66. The van der Waals surface area contributed by atoms with Gasteiger partial charge in [0.15, 0.2) is 0 Å². The Morgan fingerprint density at radius 2 is 1.63 bits per heavy atom. The van der Waals surface area contributed by atoms with E-state index in [9.17, 15) is 14.9 Å². The van der Waals surface area contributed by atoms with Gasteiger partial charge in [-0.3, -0.25) is 14.9 Å². The zero-order chi connectivity index (χ0) is 19.4. The first-order chi connectivity index (χ1) is 12.9. The van der Waals surface area contributed by atoms with Crippen molar-refractivity contribution in [1.82, 2.24) is 0 Å². The lowest BCUT2D eigenvalue weighted by Gasteiger charge is -2.11. The number of anilines is 1. The van der Waals surface area contributed by atoms with Crippen molar-refractivity contribution in [2.75, 3.05) is 5.32 Å². The van der Waals surface area contributed by atoms with Crippen molar-refractivity contribution >= 4 is 17.3 Å². The monoisotopic (exact) mass is 362 g/mol. The van der Waals surface area contributed by atoms with Gasteiger partial charge in [-0.1, -0.05) is 12.1 Å². The first kappa shape index (κ1) is 18.1. The number of non-ortho nitro benzene ring substituents is 1. The molecule has 0 saturated heterocycles. The van der Waals surface area contributed by atoms with Crippen LogP contribution in [0, 0.1) is 24.0 Å². The predicted molar refractivity (Wildman–Crippen MR) is 103 cm³/mol. The lowest BCUT2D eigenvalue weighted by molar-refractivity contribution is -0.384. The topological polar surface area (TPSA) is 81.5 Å². The van der Waals surface area contributed by atoms with Crippen LogP contribution >= 0.6 is 0 Å². The van der Waals surface area contributed by atoms with Crippen molar-refractivity contribution < 1.29 is 14.5 Å². The number of hydrogen-bond acceptors (Lipinski definition) is 4. The van der Waals surface area contributed by atoms with Crippen LogP contribution in [-0.4, -0.2) is 10.8 Å². The lowest BCUT2D eigenvalue weighted by atomic mass is 10.1. The van der Waals surface area contributed by atoms with Crippen LogP contribution in [0.3, 0.4) is 0 Å². The molecule has 136 valence electrons. The highest BCUT2D eigenvalue weighted by atomic mass is 16.6. The molecule has 6 nitrogen and oxygen atoms in total. The number of nitro benzene ring substituents is 1. The van der Waals surface area contributed by atoms with E-state index in [-0.39, 0.29) is 11.6 Å². The second kappa shape index (κ2) is 7.70. The zero-order valence-corrected chi connectivity index (χ0v) is 14.9. The van der Waals surface area contributed by atoms with Gasteiger partial charge in [-0.05, 0) is 67.4 Å². The van der Waals surface area contributed by atoms with Crippen LogP contribution in [0.25, 0.3) is 0 Å². The van der Waals surface area contributed by atoms with Crippen LogP contribution < -0.4 is 10.1 Å². The molecule has 1 amide bonds. The average molecular weight is 362 g/mol. The third-order valence-corrected chi connectivity index (χ3v) is 4.02. The predicted octanol–water partition coefficient (Wildman–Crippen LogP) is 5.26. The van der Waals surface area contributed by atoms with Gasteiger partial charge in [0, 0.05) is 23.4 Å². The lowest BCUT2D eigenvalue weighted by Crippen LogP contribution is -2.11. The van der Waals surface area contributed by atoms with E-state index in [1.807, 2.05) is 32.0 Å². The Morgan fingerprint density at radius 1 is 0.963 bits per heavy atom. The van der Waals surface area contributed by atoms with Crippen LogP contribution in [0.1, 0.15) is 21.5 Å². The minimum Gasteiger partial charge on any atom is -0.457 e.